The Balaban J connectivity index is 1.82. The Kier molecular flexibility index (Phi) is 5.12. The minimum Gasteiger partial charge on any atom is -0.353 e. The topological polar surface area (TPSA) is 61.4 Å². The molecule has 8 heteroatoms. The minimum absolute atomic E-state index is 0.200. The summed E-state index contributed by atoms with van der Waals surface area (Å²) < 4.78 is 37.4. The smallest absolute Gasteiger partial charge is 0.353 e. The molecule has 0 unspecified atom stereocenters. The molecule has 23 heavy (non-hydrogen) atoms. The first-order chi connectivity index (χ1) is 10.8. The number of amides is 3. The molecule has 5 nitrogen and oxygen atoms in total. The summed E-state index contributed by atoms with van der Waals surface area (Å²) >= 11 is 0. The van der Waals surface area contributed by atoms with Crippen molar-refractivity contribution in [2.75, 3.05) is 19.6 Å². The van der Waals surface area contributed by atoms with E-state index >= 15 is 0 Å². The molecule has 0 aliphatic carbocycles. The van der Waals surface area contributed by atoms with Crippen molar-refractivity contribution in [3.63, 3.8) is 0 Å². The first-order valence-corrected chi connectivity index (χ1v) is 7.27. The Bertz CT molecular complexity index is 572. The molecule has 0 bridgehead atoms. The zero-order valence-corrected chi connectivity index (χ0v) is 12.6. The zero-order chi connectivity index (χ0) is 17.0. The van der Waals surface area contributed by atoms with Crippen molar-refractivity contribution in [3.8, 4) is 0 Å². The highest BCUT2D eigenvalue weighted by molar-refractivity contribution is 5.87. The quantitative estimate of drug-likeness (QED) is 0.888. The van der Waals surface area contributed by atoms with Crippen molar-refractivity contribution in [2.45, 2.75) is 25.6 Å². The molecule has 2 N–H and O–H groups in total. The summed E-state index contributed by atoms with van der Waals surface area (Å²) in [5.74, 6) is -0.200. The van der Waals surface area contributed by atoms with Crippen LogP contribution in [0, 0.1) is 0 Å². The van der Waals surface area contributed by atoms with Crippen LogP contribution >= 0.6 is 0 Å². The molecule has 3 amide bonds. The van der Waals surface area contributed by atoms with E-state index < -0.39 is 17.8 Å². The van der Waals surface area contributed by atoms with Crippen molar-refractivity contribution in [2.24, 2.45) is 0 Å². The van der Waals surface area contributed by atoms with Crippen LogP contribution in [0.25, 0.3) is 0 Å². The number of alkyl halides is 3. The molecule has 1 heterocycles. The Labute approximate surface area is 131 Å². The number of rotatable bonds is 3. The number of carbonyl (C=O) groups is 2. The Morgan fingerprint density at radius 2 is 2.00 bits per heavy atom. The van der Waals surface area contributed by atoms with Gasteiger partial charge >= 0.3 is 12.2 Å². The van der Waals surface area contributed by atoms with Gasteiger partial charge in [0.2, 0.25) is 5.91 Å². The summed E-state index contributed by atoms with van der Waals surface area (Å²) in [6, 6.07) is 3.95. The van der Waals surface area contributed by atoms with Gasteiger partial charge in [-0.2, -0.15) is 13.2 Å². The second-order valence-electron chi connectivity index (χ2n) is 5.34. The van der Waals surface area contributed by atoms with Gasteiger partial charge in [-0.1, -0.05) is 12.1 Å². The number of hydrogen-bond donors (Lipinski definition) is 2. The lowest BCUT2D eigenvalue weighted by atomic mass is 10.1. The molecular weight excluding hydrogens is 311 g/mol. The van der Waals surface area contributed by atoms with Crippen LogP contribution in [-0.4, -0.2) is 42.5 Å². The zero-order valence-electron chi connectivity index (χ0n) is 12.6. The average Bonchev–Trinajstić information content (AvgIpc) is 2.49. The second kappa shape index (κ2) is 6.89. The predicted octanol–water partition coefficient (Wildman–Crippen LogP) is 1.78. The Morgan fingerprint density at radius 1 is 1.35 bits per heavy atom. The molecule has 1 aliphatic rings. The maximum Gasteiger partial charge on any atom is 0.416 e. The number of nitrogens with zero attached hydrogens (tertiary/aromatic N) is 1. The number of carbonyl (C=O) groups excluding carboxylic acids is 2. The molecule has 1 fully saturated rings. The van der Waals surface area contributed by atoms with Gasteiger partial charge in [0.05, 0.1) is 5.56 Å². The third-order valence-electron chi connectivity index (χ3n) is 3.73. The summed E-state index contributed by atoms with van der Waals surface area (Å²) in [5.41, 5.74) is 0.00109. The Hall–Kier alpha value is -2.25. The fourth-order valence-electron chi connectivity index (χ4n) is 2.34. The summed E-state index contributed by atoms with van der Waals surface area (Å²) in [7, 11) is 0. The van der Waals surface area contributed by atoms with Gasteiger partial charge < -0.3 is 15.5 Å². The molecule has 0 spiro atoms. The van der Waals surface area contributed by atoms with Gasteiger partial charge in [-0.25, -0.2) is 4.79 Å². The van der Waals surface area contributed by atoms with Gasteiger partial charge in [0.25, 0.3) is 0 Å². The molecule has 0 saturated carbocycles. The number of halogens is 3. The molecule has 1 atom stereocenters. The molecule has 0 aromatic heterocycles. The minimum atomic E-state index is -4.35. The number of piperazine rings is 1. The first kappa shape index (κ1) is 17.1. The summed E-state index contributed by atoms with van der Waals surface area (Å²) in [4.78, 5) is 24.9. The van der Waals surface area contributed by atoms with Crippen LogP contribution in [0.4, 0.5) is 18.0 Å². The third kappa shape index (κ3) is 4.37. The number of nitrogens with one attached hydrogen (secondary N) is 2. The van der Waals surface area contributed by atoms with Gasteiger partial charge in [0, 0.05) is 19.6 Å². The van der Waals surface area contributed by atoms with Crippen LogP contribution in [0.2, 0.25) is 0 Å². The maximum absolute atomic E-state index is 12.5. The van der Waals surface area contributed by atoms with Gasteiger partial charge in [-0.3, -0.25) is 4.79 Å². The summed E-state index contributed by atoms with van der Waals surface area (Å²) in [5, 5.41) is 5.34. The van der Waals surface area contributed by atoms with E-state index in [2.05, 4.69) is 10.6 Å². The van der Waals surface area contributed by atoms with Crippen LogP contribution in [0.3, 0.4) is 0 Å². The lowest BCUT2D eigenvalue weighted by Crippen LogP contribution is -2.58. The van der Waals surface area contributed by atoms with Crippen LogP contribution in [-0.2, 0) is 17.4 Å². The van der Waals surface area contributed by atoms with E-state index in [1.165, 1.54) is 17.0 Å². The van der Waals surface area contributed by atoms with E-state index in [0.29, 0.717) is 25.1 Å². The molecule has 2 rings (SSSR count). The van der Waals surface area contributed by atoms with E-state index in [1.807, 2.05) is 0 Å². The average molecular weight is 329 g/mol. The van der Waals surface area contributed by atoms with Crippen molar-refractivity contribution in [1.82, 2.24) is 15.5 Å². The highest BCUT2D eigenvalue weighted by Crippen LogP contribution is 2.29. The third-order valence-corrected chi connectivity index (χ3v) is 3.73. The van der Waals surface area contributed by atoms with Gasteiger partial charge in [-0.05, 0) is 31.0 Å². The van der Waals surface area contributed by atoms with E-state index in [1.54, 1.807) is 6.92 Å². The molecule has 1 aromatic carbocycles. The molecule has 1 saturated heterocycles. The molecular formula is C15H18F3N3O2. The lowest BCUT2D eigenvalue weighted by Gasteiger charge is -2.32. The summed E-state index contributed by atoms with van der Waals surface area (Å²) in [6.07, 6.45) is -3.93. The van der Waals surface area contributed by atoms with E-state index in [-0.39, 0.29) is 18.5 Å². The van der Waals surface area contributed by atoms with Gasteiger partial charge in [-0.15, -0.1) is 0 Å². The molecule has 0 radical (unpaired) electrons. The summed E-state index contributed by atoms with van der Waals surface area (Å²) in [6.45, 7) is 2.77. The second-order valence-corrected chi connectivity index (χ2v) is 5.34. The van der Waals surface area contributed by atoms with E-state index in [9.17, 15) is 22.8 Å². The molecule has 1 aliphatic heterocycles. The Morgan fingerprint density at radius 3 is 2.61 bits per heavy atom. The normalized spacial score (nSPS) is 18.5. The molecule has 1 aromatic rings. The monoisotopic (exact) mass is 329 g/mol. The largest absolute Gasteiger partial charge is 0.416 e. The van der Waals surface area contributed by atoms with Crippen molar-refractivity contribution in [3.05, 3.63) is 35.4 Å². The predicted molar refractivity (Wildman–Crippen MR) is 77.7 cm³/mol. The van der Waals surface area contributed by atoms with Crippen molar-refractivity contribution >= 4 is 11.9 Å². The highest BCUT2D eigenvalue weighted by Gasteiger charge is 2.30. The SMILES string of the molecule is C[C@@H]1C(=O)NCCN1C(=O)NCCc1ccc(C(F)(F)F)cc1. The van der Waals surface area contributed by atoms with Crippen LogP contribution in [0.15, 0.2) is 24.3 Å². The first-order valence-electron chi connectivity index (χ1n) is 7.27. The van der Waals surface area contributed by atoms with E-state index in [0.717, 1.165) is 12.1 Å². The van der Waals surface area contributed by atoms with Crippen molar-refractivity contribution < 1.29 is 22.8 Å². The number of hydrogen-bond acceptors (Lipinski definition) is 2. The number of urea groups is 1. The number of benzene rings is 1. The van der Waals surface area contributed by atoms with Crippen LogP contribution < -0.4 is 10.6 Å². The maximum atomic E-state index is 12.5. The van der Waals surface area contributed by atoms with E-state index in [4.69, 9.17) is 0 Å². The molecule has 126 valence electrons. The highest BCUT2D eigenvalue weighted by atomic mass is 19.4. The fourth-order valence-corrected chi connectivity index (χ4v) is 2.34. The lowest BCUT2D eigenvalue weighted by molar-refractivity contribution is -0.137. The fraction of sp³-hybridized carbons (Fsp3) is 0.467. The van der Waals surface area contributed by atoms with Gasteiger partial charge in [0.1, 0.15) is 6.04 Å². The standard InChI is InChI=1S/C15H18F3N3O2/c1-10-13(22)19-8-9-21(10)14(23)20-7-6-11-2-4-12(5-3-11)15(16,17)18/h2-5,10H,6-9H2,1H3,(H,19,22)(H,20,23)/t10-/m1/s1. The van der Waals surface area contributed by atoms with Gasteiger partial charge in [0.15, 0.2) is 0 Å². The van der Waals surface area contributed by atoms with Crippen molar-refractivity contribution in [1.29, 1.82) is 0 Å². The van der Waals surface area contributed by atoms with Crippen LogP contribution in [0.5, 0.6) is 0 Å². The van der Waals surface area contributed by atoms with Crippen LogP contribution in [0.1, 0.15) is 18.1 Å².